The van der Waals surface area contributed by atoms with Gasteiger partial charge in [-0.15, -0.1) is 11.3 Å². The summed E-state index contributed by atoms with van der Waals surface area (Å²) in [5.74, 6) is 6.42. The molecule has 0 aliphatic carbocycles. The Hall–Kier alpha value is -2.17. The van der Waals surface area contributed by atoms with Gasteiger partial charge in [-0.05, 0) is 18.6 Å². The smallest absolute Gasteiger partial charge is 0.261 e. The zero-order chi connectivity index (χ0) is 14.4. The number of nitrogens with one attached hydrogen (secondary N) is 2. The molecule has 2 aromatic heterocycles. The van der Waals surface area contributed by atoms with Gasteiger partial charge in [0.05, 0.1) is 16.3 Å². The Morgan fingerprint density at radius 3 is 3.15 bits per heavy atom. The van der Waals surface area contributed by atoms with Gasteiger partial charge in [0.2, 0.25) is 0 Å². The van der Waals surface area contributed by atoms with Gasteiger partial charge in [0.15, 0.2) is 0 Å². The van der Waals surface area contributed by atoms with Crippen LogP contribution in [0.4, 0.5) is 0 Å². The van der Waals surface area contributed by atoms with Crippen LogP contribution in [-0.2, 0) is 6.42 Å². The third-order valence-corrected chi connectivity index (χ3v) is 3.71. The normalized spacial score (nSPS) is 9.90. The summed E-state index contributed by atoms with van der Waals surface area (Å²) in [6.07, 6.45) is 2.07. The number of H-pyrrole nitrogens is 1. The molecular formula is C13H15N5OS. The molecule has 6 nitrogen and oxygen atoms in total. The molecule has 0 unspecified atom stereocenters. The van der Waals surface area contributed by atoms with E-state index in [4.69, 9.17) is 5.73 Å². The second-order valence-electron chi connectivity index (χ2n) is 4.07. The number of aromatic amines is 1. The first-order chi connectivity index (χ1) is 9.70. The second kappa shape index (κ2) is 6.84. The van der Waals surface area contributed by atoms with E-state index in [0.29, 0.717) is 24.4 Å². The molecule has 4 N–H and O–H groups in total. The minimum atomic E-state index is -0.0987. The molecular weight excluding hydrogens is 274 g/mol. The first-order valence-electron chi connectivity index (χ1n) is 6.12. The second-order valence-corrected chi connectivity index (χ2v) is 5.12. The van der Waals surface area contributed by atoms with E-state index >= 15 is 0 Å². The highest BCUT2D eigenvalue weighted by Crippen LogP contribution is 2.20. The standard InChI is InChI=1S/C13H15N5OS/c1-9-7-11(20-10(9)3-2-5-14)13(19)15-6-4-12-16-8-17-18-12/h7-8H,4-6,14H2,1H3,(H,15,19)(H,16,17,18). The van der Waals surface area contributed by atoms with Crippen LogP contribution in [0.15, 0.2) is 12.4 Å². The number of hydrogen-bond acceptors (Lipinski definition) is 5. The molecule has 2 aromatic rings. The maximum atomic E-state index is 12.0. The van der Waals surface area contributed by atoms with Gasteiger partial charge >= 0.3 is 0 Å². The van der Waals surface area contributed by atoms with Gasteiger partial charge in [0, 0.05) is 13.0 Å². The molecule has 0 radical (unpaired) electrons. The lowest BCUT2D eigenvalue weighted by Crippen LogP contribution is -2.25. The van der Waals surface area contributed by atoms with Crippen LogP contribution in [0.1, 0.15) is 25.9 Å². The van der Waals surface area contributed by atoms with E-state index in [1.165, 1.54) is 17.7 Å². The quantitative estimate of drug-likeness (QED) is 0.712. The van der Waals surface area contributed by atoms with Crippen molar-refractivity contribution in [3.63, 3.8) is 0 Å². The molecule has 0 aliphatic rings. The summed E-state index contributed by atoms with van der Waals surface area (Å²) in [4.78, 5) is 17.5. The molecule has 0 atom stereocenters. The van der Waals surface area contributed by atoms with Crippen molar-refractivity contribution in [1.29, 1.82) is 0 Å². The fourth-order valence-corrected chi connectivity index (χ4v) is 2.55. The lowest BCUT2D eigenvalue weighted by molar-refractivity contribution is 0.0958. The predicted molar refractivity (Wildman–Crippen MR) is 77.4 cm³/mol. The molecule has 1 amide bonds. The Bertz CT molecular complexity index is 636. The molecule has 0 fully saturated rings. The van der Waals surface area contributed by atoms with Crippen molar-refractivity contribution < 1.29 is 4.79 Å². The minimum absolute atomic E-state index is 0.0987. The monoisotopic (exact) mass is 289 g/mol. The number of aromatic nitrogens is 3. The van der Waals surface area contributed by atoms with Crippen LogP contribution in [0.5, 0.6) is 0 Å². The number of hydrogen-bond donors (Lipinski definition) is 3. The number of amides is 1. The summed E-state index contributed by atoms with van der Waals surface area (Å²) < 4.78 is 0. The Balaban J connectivity index is 1.92. The first kappa shape index (κ1) is 14.2. The largest absolute Gasteiger partial charge is 0.351 e. The van der Waals surface area contributed by atoms with E-state index < -0.39 is 0 Å². The van der Waals surface area contributed by atoms with Crippen molar-refractivity contribution in [2.45, 2.75) is 13.3 Å². The molecule has 0 saturated heterocycles. The van der Waals surface area contributed by atoms with Crippen LogP contribution in [0.2, 0.25) is 0 Å². The van der Waals surface area contributed by atoms with Crippen molar-refractivity contribution in [1.82, 2.24) is 20.5 Å². The number of carbonyl (C=O) groups excluding carboxylic acids is 1. The van der Waals surface area contributed by atoms with E-state index in [1.54, 1.807) is 0 Å². The summed E-state index contributed by atoms with van der Waals surface area (Å²) in [7, 11) is 0. The lowest BCUT2D eigenvalue weighted by atomic mass is 10.2. The van der Waals surface area contributed by atoms with Gasteiger partial charge in [-0.3, -0.25) is 9.89 Å². The maximum absolute atomic E-state index is 12.0. The van der Waals surface area contributed by atoms with E-state index in [1.807, 2.05) is 13.0 Å². The van der Waals surface area contributed by atoms with Crippen LogP contribution in [0.3, 0.4) is 0 Å². The fourth-order valence-electron chi connectivity index (χ4n) is 1.58. The maximum Gasteiger partial charge on any atom is 0.261 e. The molecule has 0 bridgehead atoms. The van der Waals surface area contributed by atoms with Crippen molar-refractivity contribution in [2.75, 3.05) is 13.1 Å². The van der Waals surface area contributed by atoms with Crippen LogP contribution < -0.4 is 11.1 Å². The van der Waals surface area contributed by atoms with Crippen molar-refractivity contribution in [3.8, 4) is 11.8 Å². The van der Waals surface area contributed by atoms with Gasteiger partial charge in [-0.2, -0.15) is 5.10 Å². The Morgan fingerprint density at radius 1 is 1.60 bits per heavy atom. The van der Waals surface area contributed by atoms with Crippen LogP contribution in [0.25, 0.3) is 0 Å². The topological polar surface area (TPSA) is 96.7 Å². The Morgan fingerprint density at radius 2 is 2.45 bits per heavy atom. The molecule has 7 heteroatoms. The highest BCUT2D eigenvalue weighted by Gasteiger charge is 2.11. The van der Waals surface area contributed by atoms with Crippen molar-refractivity contribution in [2.24, 2.45) is 5.73 Å². The van der Waals surface area contributed by atoms with Crippen LogP contribution in [-0.4, -0.2) is 34.2 Å². The van der Waals surface area contributed by atoms with Gasteiger partial charge in [0.25, 0.3) is 5.91 Å². The molecule has 0 saturated carbocycles. The van der Waals surface area contributed by atoms with Crippen molar-refractivity contribution in [3.05, 3.63) is 33.5 Å². The highest BCUT2D eigenvalue weighted by atomic mass is 32.1. The third-order valence-electron chi connectivity index (χ3n) is 2.56. The summed E-state index contributed by atoms with van der Waals surface area (Å²) in [5.41, 5.74) is 6.34. The molecule has 20 heavy (non-hydrogen) atoms. The minimum Gasteiger partial charge on any atom is -0.351 e. The van der Waals surface area contributed by atoms with Gasteiger partial charge < -0.3 is 11.1 Å². The average molecular weight is 289 g/mol. The molecule has 104 valence electrons. The van der Waals surface area contributed by atoms with E-state index in [-0.39, 0.29) is 5.91 Å². The Kier molecular flexibility index (Phi) is 4.87. The molecule has 2 heterocycles. The number of carbonyl (C=O) groups is 1. The van der Waals surface area contributed by atoms with Crippen LogP contribution in [0, 0.1) is 18.8 Å². The zero-order valence-electron chi connectivity index (χ0n) is 11.1. The number of nitrogens with zero attached hydrogens (tertiary/aromatic N) is 2. The van der Waals surface area contributed by atoms with E-state index in [0.717, 1.165) is 16.3 Å². The van der Waals surface area contributed by atoms with Crippen molar-refractivity contribution >= 4 is 17.2 Å². The predicted octanol–water partition coefficient (Wildman–Crippen LogP) is 0.457. The fraction of sp³-hybridized carbons (Fsp3) is 0.308. The van der Waals surface area contributed by atoms with E-state index in [2.05, 4.69) is 32.3 Å². The number of nitrogens with two attached hydrogens (primary N) is 1. The third kappa shape index (κ3) is 3.66. The number of aryl methyl sites for hydroxylation is 1. The van der Waals surface area contributed by atoms with Crippen LogP contribution >= 0.6 is 11.3 Å². The van der Waals surface area contributed by atoms with E-state index in [9.17, 15) is 4.79 Å². The molecule has 0 aliphatic heterocycles. The highest BCUT2D eigenvalue weighted by molar-refractivity contribution is 7.14. The molecule has 0 aromatic carbocycles. The number of rotatable bonds is 4. The number of thiophene rings is 1. The summed E-state index contributed by atoms with van der Waals surface area (Å²) >= 11 is 1.38. The van der Waals surface area contributed by atoms with Gasteiger partial charge in [-0.25, -0.2) is 4.98 Å². The van der Waals surface area contributed by atoms with Gasteiger partial charge in [0.1, 0.15) is 12.2 Å². The van der Waals surface area contributed by atoms with Gasteiger partial charge in [-0.1, -0.05) is 11.8 Å². The summed E-state index contributed by atoms with van der Waals surface area (Å²) in [6, 6.07) is 1.84. The first-order valence-corrected chi connectivity index (χ1v) is 6.94. The molecule has 0 spiro atoms. The SMILES string of the molecule is Cc1cc(C(=O)NCCc2ncn[nH]2)sc1C#CCN. The summed E-state index contributed by atoms with van der Waals surface area (Å²) in [6.45, 7) is 2.76. The Labute approximate surface area is 120 Å². The summed E-state index contributed by atoms with van der Waals surface area (Å²) in [5, 5.41) is 9.34. The lowest BCUT2D eigenvalue weighted by Gasteiger charge is -2.00. The molecule has 2 rings (SSSR count). The average Bonchev–Trinajstić information content (AvgIpc) is 3.06. The zero-order valence-corrected chi connectivity index (χ0v) is 11.9.